The Labute approximate surface area is 53.2 Å². The molecule has 0 aromatic carbocycles. The number of rotatable bonds is 2. The molecule has 0 N–H and O–H groups in total. The Morgan fingerprint density at radius 1 is 1.83 bits per heavy atom. The maximum absolute atomic E-state index is 5.62. The summed E-state index contributed by atoms with van der Waals surface area (Å²) < 4.78 is 0.871. The normalized spacial score (nSPS) is 14.5. The van der Waals surface area contributed by atoms with E-state index in [4.69, 9.17) is 8.92 Å². The van der Waals surface area contributed by atoms with E-state index in [0.717, 1.165) is 3.93 Å². The van der Waals surface area contributed by atoms with Crippen LogP contribution in [-0.4, -0.2) is 20.0 Å². The molecule has 0 spiro atoms. The Morgan fingerprint density at radius 3 is 2.33 bits per heavy atom. The molecule has 2 heteroatoms. The van der Waals surface area contributed by atoms with Crippen molar-refractivity contribution in [2.75, 3.05) is 0 Å². The summed E-state index contributed by atoms with van der Waals surface area (Å²) in [6, 6.07) is 0. The quantitative estimate of drug-likeness (QED) is 0.613. The van der Waals surface area contributed by atoms with E-state index < -0.39 is 20.0 Å². The summed E-state index contributed by atoms with van der Waals surface area (Å²) in [5.41, 5.74) is 0. The van der Waals surface area contributed by atoms with E-state index in [2.05, 4.69) is 13.8 Å². The van der Waals surface area contributed by atoms with Crippen LogP contribution in [0.15, 0.2) is 0 Å². The predicted octanol–water partition coefficient (Wildman–Crippen LogP) is 2.06. The molecule has 0 nitrogen and oxygen atoms in total. The molecule has 0 bridgehead atoms. The first-order chi connectivity index (χ1) is 2.81. The van der Waals surface area contributed by atoms with Gasteiger partial charge in [0.05, 0.1) is 0 Å². The number of hydrogen-bond donors (Lipinski definition) is 0. The first-order valence-corrected chi connectivity index (χ1v) is 7.43. The van der Waals surface area contributed by atoms with Crippen LogP contribution in [0.3, 0.4) is 0 Å². The Balaban J connectivity index is 2.75. The second kappa shape index (κ2) is 4.25. The molecule has 0 saturated carbocycles. The molecular weight excluding hydrogens is 202 g/mol. The summed E-state index contributed by atoms with van der Waals surface area (Å²) >= 11 is -0.412. The Hall–Kier alpha value is 1.09. The van der Waals surface area contributed by atoms with Crippen LogP contribution in [0, 0.1) is 0 Å². The van der Waals surface area contributed by atoms with Crippen LogP contribution in [0.2, 0.25) is 3.93 Å². The molecule has 0 aromatic heterocycles. The van der Waals surface area contributed by atoms with Gasteiger partial charge in [-0.05, 0) is 0 Å². The molecule has 2 radical (unpaired) electrons. The molecule has 0 rings (SSSR count). The Morgan fingerprint density at radius 2 is 2.33 bits per heavy atom. The molecule has 0 aliphatic carbocycles. The van der Waals surface area contributed by atoms with Crippen LogP contribution in [0.25, 0.3) is 0 Å². The van der Waals surface area contributed by atoms with E-state index in [-0.39, 0.29) is 0 Å². The third kappa shape index (κ3) is 3.29. The van der Waals surface area contributed by atoms with Crippen molar-refractivity contribution in [2.45, 2.75) is 24.2 Å². The van der Waals surface area contributed by atoms with Crippen molar-refractivity contribution in [2.24, 2.45) is 0 Å². The van der Waals surface area contributed by atoms with E-state index >= 15 is 0 Å². The number of halogens is 1. The maximum atomic E-state index is 5.62. The zero-order valence-corrected chi connectivity index (χ0v) is 7.77. The third-order valence-corrected chi connectivity index (χ3v) is 5.53. The molecule has 36 valence electrons. The molecule has 0 amide bonds. The van der Waals surface area contributed by atoms with E-state index in [1.54, 1.807) is 0 Å². The van der Waals surface area contributed by atoms with E-state index in [0.29, 0.717) is 0 Å². The first kappa shape index (κ1) is 7.09. The zero-order valence-electron chi connectivity index (χ0n) is 4.16. The van der Waals surface area contributed by atoms with Gasteiger partial charge < -0.3 is 0 Å². The van der Waals surface area contributed by atoms with Crippen molar-refractivity contribution in [3.05, 3.63) is 0 Å². The molecule has 0 heterocycles. The van der Waals surface area contributed by atoms with E-state index in [1.165, 1.54) is 6.42 Å². The summed E-state index contributed by atoms with van der Waals surface area (Å²) in [7, 11) is 5.62. The van der Waals surface area contributed by atoms with Gasteiger partial charge >= 0.3 is 53.1 Å². The fourth-order valence-corrected chi connectivity index (χ4v) is 1.55. The minimum atomic E-state index is -0.412. The molecule has 0 aliphatic rings. The fourth-order valence-electron chi connectivity index (χ4n) is 0.0772. The van der Waals surface area contributed by atoms with Gasteiger partial charge in [0.2, 0.25) is 0 Å². The van der Waals surface area contributed by atoms with Crippen molar-refractivity contribution in [3.63, 3.8) is 0 Å². The van der Waals surface area contributed by atoms with Gasteiger partial charge in [-0.25, -0.2) is 0 Å². The summed E-state index contributed by atoms with van der Waals surface area (Å²) in [5, 5.41) is 0. The van der Waals surface area contributed by atoms with Gasteiger partial charge in [-0.1, -0.05) is 0 Å². The summed E-state index contributed by atoms with van der Waals surface area (Å²) in [4.78, 5) is 0. The summed E-state index contributed by atoms with van der Waals surface area (Å²) in [6.45, 7) is 4.41. The van der Waals surface area contributed by atoms with Gasteiger partial charge in [-0.2, -0.15) is 0 Å². The van der Waals surface area contributed by atoms with Gasteiger partial charge in [0, 0.05) is 0 Å². The van der Waals surface area contributed by atoms with E-state index in [9.17, 15) is 0 Å². The summed E-state index contributed by atoms with van der Waals surface area (Å²) in [5.74, 6) is 0. The van der Waals surface area contributed by atoms with Crippen LogP contribution in [-0.2, 0) is 0 Å². The molecule has 0 aromatic rings. The second-order valence-corrected chi connectivity index (χ2v) is 6.32. The van der Waals surface area contributed by atoms with Crippen LogP contribution in [0.1, 0.15) is 20.3 Å². The predicted molar refractivity (Wildman–Crippen MR) is 31.3 cm³/mol. The minimum absolute atomic E-state index is 0.412. The Bertz CT molecular complexity index is 26.7. The van der Waals surface area contributed by atoms with Gasteiger partial charge in [0.1, 0.15) is 0 Å². The van der Waals surface area contributed by atoms with Crippen LogP contribution >= 0.6 is 8.92 Å². The molecular formula is C4H9ClSn. The van der Waals surface area contributed by atoms with Crippen molar-refractivity contribution in [1.29, 1.82) is 0 Å². The zero-order chi connectivity index (χ0) is 4.99. The molecule has 1 atom stereocenters. The molecule has 6 heavy (non-hydrogen) atoms. The van der Waals surface area contributed by atoms with Gasteiger partial charge in [0.15, 0.2) is 0 Å². The SMILES string of the molecule is CC[CH](C)[Sn][Cl]. The molecule has 1 unspecified atom stereocenters. The summed E-state index contributed by atoms with van der Waals surface area (Å²) in [6.07, 6.45) is 1.27. The Kier molecular flexibility index (Phi) is 5.02. The average molecular weight is 211 g/mol. The van der Waals surface area contributed by atoms with Crippen molar-refractivity contribution < 1.29 is 0 Å². The van der Waals surface area contributed by atoms with Gasteiger partial charge in [0.25, 0.3) is 0 Å². The van der Waals surface area contributed by atoms with Gasteiger partial charge in [-0.15, -0.1) is 0 Å². The fraction of sp³-hybridized carbons (Fsp3) is 1.00. The standard InChI is InChI=1S/C4H9.ClH.Sn/c1-3-4-2;;/h3H,4H2,1-2H3;1H;/q;;+1/p-1. The monoisotopic (exact) mass is 212 g/mol. The van der Waals surface area contributed by atoms with Crippen LogP contribution < -0.4 is 0 Å². The second-order valence-electron chi connectivity index (χ2n) is 1.42. The van der Waals surface area contributed by atoms with E-state index in [1.807, 2.05) is 0 Å². The van der Waals surface area contributed by atoms with Gasteiger partial charge in [-0.3, -0.25) is 0 Å². The molecule has 0 fully saturated rings. The number of hydrogen-bond acceptors (Lipinski definition) is 0. The molecule has 0 saturated heterocycles. The third-order valence-electron chi connectivity index (χ3n) is 0.799. The van der Waals surface area contributed by atoms with Crippen molar-refractivity contribution >= 4 is 28.9 Å². The molecule has 0 aliphatic heterocycles. The first-order valence-electron chi connectivity index (χ1n) is 2.17. The topological polar surface area (TPSA) is 0 Å². The van der Waals surface area contributed by atoms with Crippen LogP contribution in [0.5, 0.6) is 0 Å². The van der Waals surface area contributed by atoms with Crippen molar-refractivity contribution in [3.8, 4) is 0 Å². The van der Waals surface area contributed by atoms with Crippen LogP contribution in [0.4, 0.5) is 0 Å². The average Bonchev–Trinajstić information content (AvgIpc) is 1.65. The van der Waals surface area contributed by atoms with Crippen molar-refractivity contribution in [1.82, 2.24) is 0 Å².